The molecule has 0 saturated heterocycles. The van der Waals surface area contributed by atoms with Crippen molar-refractivity contribution in [1.29, 1.82) is 0 Å². The predicted octanol–water partition coefficient (Wildman–Crippen LogP) is 4.64. The van der Waals surface area contributed by atoms with Crippen LogP contribution in [-0.4, -0.2) is 5.78 Å². The molecule has 80 valence electrons. The van der Waals surface area contributed by atoms with Crippen molar-refractivity contribution in [3.63, 3.8) is 0 Å². The van der Waals surface area contributed by atoms with Gasteiger partial charge in [-0.3, -0.25) is 4.79 Å². The van der Waals surface area contributed by atoms with Gasteiger partial charge in [0.1, 0.15) is 0 Å². The lowest BCUT2D eigenvalue weighted by molar-refractivity contribution is 0.0992. The van der Waals surface area contributed by atoms with Gasteiger partial charge in [0.2, 0.25) is 0 Å². The van der Waals surface area contributed by atoms with E-state index in [0.717, 1.165) is 16.5 Å². The van der Waals surface area contributed by atoms with Gasteiger partial charge in [0.15, 0.2) is 5.78 Å². The molecule has 0 N–H and O–H groups in total. The largest absolute Gasteiger partial charge is 0.294 e. The Morgan fingerprint density at radius 2 is 2.20 bits per heavy atom. The average molecular weight is 288 g/mol. The fourth-order valence-electron chi connectivity index (χ4n) is 1.17. The summed E-state index contributed by atoms with van der Waals surface area (Å²) < 4.78 is 0.747. The van der Waals surface area contributed by atoms with Gasteiger partial charge >= 0.3 is 0 Å². The summed E-state index contributed by atoms with van der Waals surface area (Å²) in [6.45, 7) is 5.80. The summed E-state index contributed by atoms with van der Waals surface area (Å²) in [6, 6.07) is 5.35. The Morgan fingerprint density at radius 3 is 2.80 bits per heavy atom. The molecule has 15 heavy (non-hydrogen) atoms. The lowest BCUT2D eigenvalue weighted by atomic mass is 10.0. The van der Waals surface area contributed by atoms with E-state index in [9.17, 15) is 4.79 Å². The van der Waals surface area contributed by atoms with Crippen LogP contribution in [0.15, 0.2) is 34.8 Å². The molecule has 1 rings (SSSR count). The van der Waals surface area contributed by atoms with Gasteiger partial charge in [-0.25, -0.2) is 0 Å². The van der Waals surface area contributed by atoms with Gasteiger partial charge in [-0.15, -0.1) is 0 Å². The molecule has 1 aromatic rings. The normalized spacial score (nSPS) is 10.1. The lowest BCUT2D eigenvalue weighted by Crippen LogP contribution is -2.01. The molecule has 0 aliphatic rings. The summed E-state index contributed by atoms with van der Waals surface area (Å²) in [5.41, 5.74) is 1.48. The van der Waals surface area contributed by atoms with Gasteiger partial charge in [-0.05, 0) is 34.5 Å². The van der Waals surface area contributed by atoms with E-state index >= 15 is 0 Å². The molecule has 0 heterocycles. The van der Waals surface area contributed by atoms with Crippen LogP contribution >= 0.6 is 27.5 Å². The third-order valence-electron chi connectivity index (χ3n) is 2.16. The molecular weight excluding hydrogens is 275 g/mol. The van der Waals surface area contributed by atoms with E-state index in [2.05, 4.69) is 22.5 Å². The molecule has 0 amide bonds. The van der Waals surface area contributed by atoms with E-state index in [-0.39, 0.29) is 5.78 Å². The number of carbonyl (C=O) groups is 1. The maximum atomic E-state index is 11.8. The van der Waals surface area contributed by atoms with E-state index in [1.54, 1.807) is 12.1 Å². The van der Waals surface area contributed by atoms with Gasteiger partial charge in [-0.1, -0.05) is 36.7 Å². The summed E-state index contributed by atoms with van der Waals surface area (Å²) in [6.07, 6.45) is 1.18. The van der Waals surface area contributed by atoms with Crippen molar-refractivity contribution in [2.24, 2.45) is 0 Å². The number of carbonyl (C=O) groups excluding carboxylic acids is 1. The first-order valence-corrected chi connectivity index (χ1v) is 5.87. The molecule has 0 aliphatic carbocycles. The molecule has 0 unspecified atom stereocenters. The zero-order valence-electron chi connectivity index (χ0n) is 8.52. The Kier molecular flexibility index (Phi) is 4.55. The summed E-state index contributed by atoms with van der Waals surface area (Å²) in [5, 5.41) is 0.478. The molecule has 0 fully saturated rings. The van der Waals surface area contributed by atoms with Crippen molar-refractivity contribution in [2.75, 3.05) is 0 Å². The summed E-state index contributed by atoms with van der Waals surface area (Å²) in [7, 11) is 0. The first-order chi connectivity index (χ1) is 7.06. The molecule has 0 saturated carbocycles. The van der Waals surface area contributed by atoms with Crippen LogP contribution in [0.3, 0.4) is 0 Å². The fourth-order valence-corrected chi connectivity index (χ4v) is 1.76. The number of halogens is 2. The summed E-state index contributed by atoms with van der Waals surface area (Å²) >= 11 is 9.31. The standard InChI is InChI=1S/C12H12BrClO/c1-3-8(2)7-11(15)9-5-4-6-10(13)12(9)14/h4-6H,2-3,7H2,1H3. The average Bonchev–Trinajstić information content (AvgIpc) is 2.21. The summed E-state index contributed by atoms with van der Waals surface area (Å²) in [5.74, 6) is 0.0214. The van der Waals surface area contributed by atoms with E-state index in [4.69, 9.17) is 11.6 Å². The minimum absolute atomic E-state index is 0.0214. The number of Topliss-reactive ketones (excluding diaryl/α,β-unsaturated/α-hetero) is 1. The molecule has 0 atom stereocenters. The smallest absolute Gasteiger partial charge is 0.168 e. The zero-order valence-corrected chi connectivity index (χ0v) is 10.9. The molecule has 0 spiro atoms. The van der Waals surface area contributed by atoms with Gasteiger partial charge in [0, 0.05) is 16.5 Å². The first-order valence-electron chi connectivity index (χ1n) is 4.70. The molecular formula is C12H12BrClO. The van der Waals surface area contributed by atoms with Crippen molar-refractivity contribution in [1.82, 2.24) is 0 Å². The fraction of sp³-hybridized carbons (Fsp3) is 0.250. The second kappa shape index (κ2) is 5.47. The quantitative estimate of drug-likeness (QED) is 0.582. The molecule has 1 aromatic carbocycles. The van der Waals surface area contributed by atoms with Gasteiger partial charge in [-0.2, -0.15) is 0 Å². The van der Waals surface area contributed by atoms with Crippen molar-refractivity contribution in [3.05, 3.63) is 45.4 Å². The van der Waals surface area contributed by atoms with Crippen molar-refractivity contribution in [3.8, 4) is 0 Å². The van der Waals surface area contributed by atoms with Gasteiger partial charge < -0.3 is 0 Å². The van der Waals surface area contributed by atoms with Gasteiger partial charge in [0.25, 0.3) is 0 Å². The SMILES string of the molecule is C=C(CC)CC(=O)c1cccc(Br)c1Cl. The second-order valence-electron chi connectivity index (χ2n) is 3.30. The van der Waals surface area contributed by atoms with Crippen LogP contribution in [0.25, 0.3) is 0 Å². The highest BCUT2D eigenvalue weighted by atomic mass is 79.9. The Bertz CT molecular complexity index is 399. The Labute approximate surface area is 103 Å². The van der Waals surface area contributed by atoms with E-state index < -0.39 is 0 Å². The van der Waals surface area contributed by atoms with Crippen LogP contribution in [0.4, 0.5) is 0 Å². The highest BCUT2D eigenvalue weighted by Gasteiger charge is 2.12. The number of hydrogen-bond donors (Lipinski definition) is 0. The highest BCUT2D eigenvalue weighted by molar-refractivity contribution is 9.10. The van der Waals surface area contributed by atoms with Gasteiger partial charge in [0.05, 0.1) is 5.02 Å². The van der Waals surface area contributed by atoms with E-state index in [1.165, 1.54) is 0 Å². The number of rotatable bonds is 4. The number of hydrogen-bond acceptors (Lipinski definition) is 1. The van der Waals surface area contributed by atoms with E-state index in [1.807, 2.05) is 13.0 Å². The predicted molar refractivity (Wildman–Crippen MR) is 67.5 cm³/mol. The lowest BCUT2D eigenvalue weighted by Gasteiger charge is -2.05. The third kappa shape index (κ3) is 3.18. The van der Waals surface area contributed by atoms with Crippen LogP contribution in [0.1, 0.15) is 30.1 Å². The van der Waals surface area contributed by atoms with Crippen LogP contribution in [0.2, 0.25) is 5.02 Å². The third-order valence-corrected chi connectivity index (χ3v) is 3.46. The van der Waals surface area contributed by atoms with Crippen molar-refractivity contribution in [2.45, 2.75) is 19.8 Å². The second-order valence-corrected chi connectivity index (χ2v) is 4.54. The van der Waals surface area contributed by atoms with Crippen LogP contribution in [-0.2, 0) is 0 Å². The van der Waals surface area contributed by atoms with Crippen molar-refractivity contribution >= 4 is 33.3 Å². The number of benzene rings is 1. The monoisotopic (exact) mass is 286 g/mol. The molecule has 0 aromatic heterocycles. The number of allylic oxidation sites excluding steroid dienone is 1. The van der Waals surface area contributed by atoms with Crippen molar-refractivity contribution < 1.29 is 4.79 Å². The maximum Gasteiger partial charge on any atom is 0.168 e. The van der Waals surface area contributed by atoms with Crippen LogP contribution in [0.5, 0.6) is 0 Å². The number of ketones is 1. The zero-order chi connectivity index (χ0) is 11.4. The first kappa shape index (κ1) is 12.5. The maximum absolute atomic E-state index is 11.8. The summed E-state index contributed by atoms with van der Waals surface area (Å²) in [4.78, 5) is 11.8. The van der Waals surface area contributed by atoms with E-state index in [0.29, 0.717) is 17.0 Å². The Morgan fingerprint density at radius 1 is 1.53 bits per heavy atom. The Balaban J connectivity index is 2.92. The molecule has 1 nitrogen and oxygen atoms in total. The minimum Gasteiger partial charge on any atom is -0.294 e. The minimum atomic E-state index is 0.0214. The Hall–Kier alpha value is -0.600. The van der Waals surface area contributed by atoms with Crippen LogP contribution < -0.4 is 0 Å². The molecule has 0 aliphatic heterocycles. The highest BCUT2D eigenvalue weighted by Crippen LogP contribution is 2.27. The molecule has 0 bridgehead atoms. The molecule has 0 radical (unpaired) electrons. The van der Waals surface area contributed by atoms with Crippen LogP contribution in [0, 0.1) is 0 Å². The molecule has 3 heteroatoms. The topological polar surface area (TPSA) is 17.1 Å².